The second-order valence-corrected chi connectivity index (χ2v) is 3.35. The molecule has 0 unspecified atom stereocenters. The molecule has 0 radical (unpaired) electrons. The Morgan fingerprint density at radius 1 is 1.58 bits per heavy atom. The lowest BCUT2D eigenvalue weighted by molar-refractivity contribution is 0.792. The molecule has 64 valence electrons. The van der Waals surface area contributed by atoms with Gasteiger partial charge < -0.3 is 5.32 Å². The third-order valence-corrected chi connectivity index (χ3v) is 2.26. The van der Waals surface area contributed by atoms with Gasteiger partial charge in [0.05, 0.1) is 0 Å². The van der Waals surface area contributed by atoms with Gasteiger partial charge >= 0.3 is 0 Å². The molecule has 1 saturated carbocycles. The maximum Gasteiger partial charge on any atom is 0.0479 e. The molecule has 0 aromatic carbocycles. The predicted octanol–water partition coefficient (Wildman–Crippen LogP) is 1.68. The average molecular weight is 162 g/mol. The van der Waals surface area contributed by atoms with Gasteiger partial charge in [0.15, 0.2) is 0 Å². The predicted molar refractivity (Wildman–Crippen MR) is 49.0 cm³/mol. The summed E-state index contributed by atoms with van der Waals surface area (Å²) in [6.07, 6.45) is 4.55. The van der Waals surface area contributed by atoms with Crippen molar-refractivity contribution in [3.63, 3.8) is 0 Å². The van der Waals surface area contributed by atoms with Crippen molar-refractivity contribution in [2.75, 3.05) is 7.05 Å². The zero-order chi connectivity index (χ0) is 8.39. The van der Waals surface area contributed by atoms with Crippen LogP contribution in [0.1, 0.15) is 30.0 Å². The second kappa shape index (κ2) is 3.23. The zero-order valence-electron chi connectivity index (χ0n) is 7.38. The molecule has 1 aromatic heterocycles. The molecular formula is C10H14N2. The Morgan fingerprint density at radius 3 is 3.08 bits per heavy atom. The smallest absolute Gasteiger partial charge is 0.0479 e. The lowest BCUT2D eigenvalue weighted by atomic mass is 10.1. The summed E-state index contributed by atoms with van der Waals surface area (Å²) in [6, 6.07) is 4.18. The molecule has 1 N–H and O–H groups in total. The molecule has 2 heteroatoms. The lowest BCUT2D eigenvalue weighted by Crippen LogP contribution is -2.08. The largest absolute Gasteiger partial charge is 0.316 e. The summed E-state index contributed by atoms with van der Waals surface area (Å²) in [6.45, 7) is 0.944. The van der Waals surface area contributed by atoms with E-state index in [1.54, 1.807) is 0 Å². The van der Waals surface area contributed by atoms with Crippen molar-refractivity contribution < 1.29 is 0 Å². The van der Waals surface area contributed by atoms with Crippen LogP contribution in [-0.4, -0.2) is 12.0 Å². The number of nitrogens with one attached hydrogen (secondary N) is 1. The molecule has 0 saturated heterocycles. The summed E-state index contributed by atoms with van der Waals surface area (Å²) in [5, 5.41) is 3.17. The molecule has 0 aliphatic heterocycles. The number of aromatic nitrogens is 1. The van der Waals surface area contributed by atoms with Crippen LogP contribution in [0.15, 0.2) is 18.3 Å². The van der Waals surface area contributed by atoms with Crippen LogP contribution >= 0.6 is 0 Å². The summed E-state index contributed by atoms with van der Waals surface area (Å²) in [7, 11) is 1.98. The van der Waals surface area contributed by atoms with Crippen molar-refractivity contribution in [3.05, 3.63) is 29.6 Å². The van der Waals surface area contributed by atoms with Gasteiger partial charge in [0, 0.05) is 24.4 Å². The van der Waals surface area contributed by atoms with Crippen molar-refractivity contribution >= 4 is 0 Å². The van der Waals surface area contributed by atoms with Crippen LogP contribution < -0.4 is 5.32 Å². The molecule has 1 aromatic rings. The minimum absolute atomic E-state index is 0.759. The Balaban J connectivity index is 2.24. The molecule has 2 rings (SSSR count). The molecule has 1 aliphatic carbocycles. The van der Waals surface area contributed by atoms with E-state index < -0.39 is 0 Å². The van der Waals surface area contributed by atoms with Gasteiger partial charge in [-0.1, -0.05) is 6.07 Å². The van der Waals surface area contributed by atoms with Crippen LogP contribution in [-0.2, 0) is 6.54 Å². The Labute approximate surface area is 73.0 Å². The molecule has 0 atom stereocenters. The second-order valence-electron chi connectivity index (χ2n) is 3.35. The van der Waals surface area contributed by atoms with E-state index in [2.05, 4.69) is 16.4 Å². The van der Waals surface area contributed by atoms with Gasteiger partial charge in [0.2, 0.25) is 0 Å². The van der Waals surface area contributed by atoms with Gasteiger partial charge in [-0.2, -0.15) is 0 Å². The maximum absolute atomic E-state index is 4.42. The molecule has 0 amide bonds. The van der Waals surface area contributed by atoms with Crippen molar-refractivity contribution in [1.29, 1.82) is 0 Å². The molecule has 1 fully saturated rings. The van der Waals surface area contributed by atoms with Gasteiger partial charge in [-0.3, -0.25) is 4.98 Å². The van der Waals surface area contributed by atoms with Gasteiger partial charge in [0.1, 0.15) is 0 Å². The topological polar surface area (TPSA) is 24.9 Å². The first-order valence-corrected chi connectivity index (χ1v) is 4.50. The van der Waals surface area contributed by atoms with Gasteiger partial charge in [-0.15, -0.1) is 0 Å². The van der Waals surface area contributed by atoms with E-state index in [-0.39, 0.29) is 0 Å². The fourth-order valence-electron chi connectivity index (χ4n) is 1.52. The van der Waals surface area contributed by atoms with Crippen molar-refractivity contribution in [3.8, 4) is 0 Å². The summed E-state index contributed by atoms with van der Waals surface area (Å²) in [4.78, 5) is 4.42. The van der Waals surface area contributed by atoms with E-state index in [0.717, 1.165) is 12.5 Å². The first kappa shape index (κ1) is 7.74. The molecule has 0 bridgehead atoms. The highest BCUT2D eigenvalue weighted by molar-refractivity contribution is 5.26. The van der Waals surface area contributed by atoms with Crippen molar-refractivity contribution in [1.82, 2.24) is 10.3 Å². The van der Waals surface area contributed by atoms with Crippen LogP contribution in [0, 0.1) is 0 Å². The van der Waals surface area contributed by atoms with E-state index in [1.807, 2.05) is 19.3 Å². The van der Waals surface area contributed by atoms with Gasteiger partial charge in [-0.05, 0) is 31.5 Å². The quantitative estimate of drug-likeness (QED) is 0.731. The normalized spacial score (nSPS) is 16.4. The lowest BCUT2D eigenvalue weighted by Gasteiger charge is -2.05. The maximum atomic E-state index is 4.42. The highest BCUT2D eigenvalue weighted by atomic mass is 14.8. The Hall–Kier alpha value is -0.890. The first-order chi connectivity index (χ1) is 5.92. The van der Waals surface area contributed by atoms with Gasteiger partial charge in [0.25, 0.3) is 0 Å². The van der Waals surface area contributed by atoms with Gasteiger partial charge in [-0.25, -0.2) is 0 Å². The summed E-state index contributed by atoms with van der Waals surface area (Å²) in [5.74, 6) is 0.759. The Bertz CT molecular complexity index is 266. The van der Waals surface area contributed by atoms with E-state index in [0.29, 0.717) is 0 Å². The molecular weight excluding hydrogens is 148 g/mol. The van der Waals surface area contributed by atoms with Crippen LogP contribution in [0.4, 0.5) is 0 Å². The van der Waals surface area contributed by atoms with Crippen LogP contribution in [0.5, 0.6) is 0 Å². The standard InChI is InChI=1S/C10H14N2/c1-11-7-9-3-2-6-12-10(9)8-4-5-8/h2-3,6,8,11H,4-5,7H2,1H3. The minimum atomic E-state index is 0.759. The highest BCUT2D eigenvalue weighted by Crippen LogP contribution is 2.40. The molecule has 12 heavy (non-hydrogen) atoms. The third-order valence-electron chi connectivity index (χ3n) is 2.26. The van der Waals surface area contributed by atoms with Crippen LogP contribution in [0.2, 0.25) is 0 Å². The third kappa shape index (κ3) is 1.48. The number of hydrogen-bond donors (Lipinski definition) is 1. The van der Waals surface area contributed by atoms with E-state index in [9.17, 15) is 0 Å². The fourth-order valence-corrected chi connectivity index (χ4v) is 1.52. The monoisotopic (exact) mass is 162 g/mol. The SMILES string of the molecule is CNCc1cccnc1C1CC1. The molecule has 0 spiro atoms. The number of rotatable bonds is 3. The van der Waals surface area contributed by atoms with E-state index in [4.69, 9.17) is 0 Å². The van der Waals surface area contributed by atoms with Crippen molar-refractivity contribution in [2.45, 2.75) is 25.3 Å². The zero-order valence-corrected chi connectivity index (χ0v) is 7.38. The van der Waals surface area contributed by atoms with E-state index >= 15 is 0 Å². The number of nitrogens with zero attached hydrogens (tertiary/aromatic N) is 1. The molecule has 2 nitrogen and oxygen atoms in total. The van der Waals surface area contributed by atoms with Crippen molar-refractivity contribution in [2.24, 2.45) is 0 Å². The summed E-state index contributed by atoms with van der Waals surface area (Å²) >= 11 is 0. The fraction of sp³-hybridized carbons (Fsp3) is 0.500. The Morgan fingerprint density at radius 2 is 2.42 bits per heavy atom. The minimum Gasteiger partial charge on any atom is -0.316 e. The van der Waals surface area contributed by atoms with Crippen LogP contribution in [0.25, 0.3) is 0 Å². The number of hydrogen-bond acceptors (Lipinski definition) is 2. The Kier molecular flexibility index (Phi) is 2.09. The molecule has 1 aliphatic rings. The van der Waals surface area contributed by atoms with E-state index in [1.165, 1.54) is 24.1 Å². The average Bonchev–Trinajstić information content (AvgIpc) is 2.89. The molecule has 1 heterocycles. The number of pyridine rings is 1. The summed E-state index contributed by atoms with van der Waals surface area (Å²) in [5.41, 5.74) is 2.68. The summed E-state index contributed by atoms with van der Waals surface area (Å²) < 4.78 is 0. The van der Waals surface area contributed by atoms with Crippen LogP contribution in [0.3, 0.4) is 0 Å². The highest BCUT2D eigenvalue weighted by Gasteiger charge is 2.26. The first-order valence-electron chi connectivity index (χ1n) is 4.50.